The smallest absolute Gasteiger partial charge is 0.315 e. The Labute approximate surface area is 112 Å². The van der Waals surface area contributed by atoms with Gasteiger partial charge in [-0.25, -0.2) is 0 Å². The second kappa shape index (κ2) is 6.51. The molecule has 2 rings (SSSR count). The zero-order valence-corrected chi connectivity index (χ0v) is 11.4. The minimum atomic E-state index is 0.0346. The van der Waals surface area contributed by atoms with E-state index in [9.17, 15) is 4.79 Å². The Balaban J connectivity index is 1.62. The van der Waals surface area contributed by atoms with Crippen molar-refractivity contribution < 1.29 is 9.21 Å². The Morgan fingerprint density at radius 3 is 2.95 bits per heavy atom. The summed E-state index contributed by atoms with van der Waals surface area (Å²) in [4.78, 5) is 11.4. The SMILES string of the molecule is CNC(C)c1nnc(NCCCC(=O)NC2CC2)o1. The van der Waals surface area contributed by atoms with Gasteiger partial charge < -0.3 is 20.4 Å². The molecule has 19 heavy (non-hydrogen) atoms. The van der Waals surface area contributed by atoms with Crippen LogP contribution < -0.4 is 16.0 Å². The van der Waals surface area contributed by atoms with E-state index in [2.05, 4.69) is 26.1 Å². The predicted molar refractivity (Wildman–Crippen MR) is 70.7 cm³/mol. The van der Waals surface area contributed by atoms with Crippen LogP contribution in [0.4, 0.5) is 6.01 Å². The molecule has 0 aromatic carbocycles. The highest BCUT2D eigenvalue weighted by molar-refractivity contribution is 5.76. The first-order valence-electron chi connectivity index (χ1n) is 6.73. The predicted octanol–water partition coefficient (Wildman–Crippen LogP) is 0.821. The molecular weight excluding hydrogens is 246 g/mol. The first kappa shape index (κ1) is 13.8. The van der Waals surface area contributed by atoms with Crippen LogP contribution in [-0.2, 0) is 4.79 Å². The summed E-state index contributed by atoms with van der Waals surface area (Å²) in [5.41, 5.74) is 0. The van der Waals surface area contributed by atoms with Crippen LogP contribution in [0.5, 0.6) is 0 Å². The average molecular weight is 267 g/mol. The topological polar surface area (TPSA) is 92.1 Å². The second-order valence-corrected chi connectivity index (χ2v) is 4.83. The summed E-state index contributed by atoms with van der Waals surface area (Å²) < 4.78 is 5.42. The Morgan fingerprint density at radius 1 is 1.47 bits per heavy atom. The molecule has 1 saturated carbocycles. The van der Waals surface area contributed by atoms with E-state index < -0.39 is 0 Å². The number of nitrogens with one attached hydrogen (secondary N) is 3. The van der Waals surface area contributed by atoms with Crippen molar-refractivity contribution in [3.63, 3.8) is 0 Å². The van der Waals surface area contributed by atoms with Crippen molar-refractivity contribution in [1.82, 2.24) is 20.8 Å². The van der Waals surface area contributed by atoms with Gasteiger partial charge >= 0.3 is 6.01 Å². The van der Waals surface area contributed by atoms with Crippen LogP contribution in [0.1, 0.15) is 44.5 Å². The Morgan fingerprint density at radius 2 is 2.26 bits per heavy atom. The molecule has 7 heteroatoms. The van der Waals surface area contributed by atoms with Crippen molar-refractivity contribution in [3.05, 3.63) is 5.89 Å². The molecule has 1 heterocycles. The van der Waals surface area contributed by atoms with Crippen molar-refractivity contribution in [1.29, 1.82) is 0 Å². The number of nitrogens with zero attached hydrogens (tertiary/aromatic N) is 2. The maximum Gasteiger partial charge on any atom is 0.315 e. The maximum atomic E-state index is 11.4. The van der Waals surface area contributed by atoms with E-state index in [1.54, 1.807) is 0 Å². The maximum absolute atomic E-state index is 11.4. The molecule has 7 nitrogen and oxygen atoms in total. The first-order chi connectivity index (χ1) is 9.19. The van der Waals surface area contributed by atoms with Gasteiger partial charge in [0.1, 0.15) is 0 Å². The standard InChI is InChI=1S/C12H21N5O2/c1-8(13-2)11-16-17-12(19-11)14-7-3-4-10(18)15-9-5-6-9/h8-9,13H,3-7H2,1-2H3,(H,14,17)(H,15,18). The quantitative estimate of drug-likeness (QED) is 0.604. The van der Waals surface area contributed by atoms with Gasteiger partial charge in [0.05, 0.1) is 6.04 Å². The third-order valence-corrected chi connectivity index (χ3v) is 3.04. The largest absolute Gasteiger partial charge is 0.406 e. The van der Waals surface area contributed by atoms with E-state index in [1.165, 1.54) is 0 Å². The summed E-state index contributed by atoms with van der Waals surface area (Å²) in [5.74, 6) is 0.677. The van der Waals surface area contributed by atoms with Gasteiger partial charge in [-0.05, 0) is 33.2 Å². The Hall–Kier alpha value is -1.63. The minimum Gasteiger partial charge on any atom is -0.406 e. The molecule has 1 fully saturated rings. The van der Waals surface area contributed by atoms with Gasteiger partial charge in [0.2, 0.25) is 11.8 Å². The van der Waals surface area contributed by atoms with Gasteiger partial charge in [0, 0.05) is 19.0 Å². The molecule has 0 spiro atoms. The van der Waals surface area contributed by atoms with Crippen LogP contribution in [-0.4, -0.2) is 35.7 Å². The number of carbonyl (C=O) groups excluding carboxylic acids is 1. The highest BCUT2D eigenvalue weighted by atomic mass is 16.4. The van der Waals surface area contributed by atoms with E-state index >= 15 is 0 Å². The van der Waals surface area contributed by atoms with Gasteiger partial charge in [0.15, 0.2) is 0 Å². The summed E-state index contributed by atoms with van der Waals surface area (Å²) in [6, 6.07) is 0.869. The number of aromatic nitrogens is 2. The van der Waals surface area contributed by atoms with E-state index in [0.29, 0.717) is 30.9 Å². The normalized spacial score (nSPS) is 16.1. The fourth-order valence-electron chi connectivity index (χ4n) is 1.58. The molecule has 1 aromatic heterocycles. The van der Waals surface area contributed by atoms with E-state index in [1.807, 2.05) is 14.0 Å². The lowest BCUT2D eigenvalue weighted by molar-refractivity contribution is -0.121. The molecular formula is C12H21N5O2. The number of hydrogen-bond donors (Lipinski definition) is 3. The van der Waals surface area contributed by atoms with Gasteiger partial charge in [-0.15, -0.1) is 5.10 Å². The molecule has 0 saturated heterocycles. The Kier molecular flexibility index (Phi) is 4.73. The van der Waals surface area contributed by atoms with Crippen LogP contribution in [0.2, 0.25) is 0 Å². The fourth-order valence-corrected chi connectivity index (χ4v) is 1.58. The molecule has 3 N–H and O–H groups in total. The first-order valence-corrected chi connectivity index (χ1v) is 6.73. The van der Waals surface area contributed by atoms with Gasteiger partial charge in [-0.1, -0.05) is 5.10 Å². The van der Waals surface area contributed by atoms with Crippen molar-refractivity contribution in [2.24, 2.45) is 0 Å². The van der Waals surface area contributed by atoms with E-state index in [0.717, 1.165) is 19.3 Å². The highest BCUT2D eigenvalue weighted by Crippen LogP contribution is 2.18. The zero-order chi connectivity index (χ0) is 13.7. The highest BCUT2D eigenvalue weighted by Gasteiger charge is 2.22. The minimum absolute atomic E-state index is 0.0346. The molecule has 106 valence electrons. The molecule has 1 unspecified atom stereocenters. The van der Waals surface area contributed by atoms with Crippen LogP contribution in [0.3, 0.4) is 0 Å². The molecule has 1 amide bonds. The number of amides is 1. The summed E-state index contributed by atoms with van der Waals surface area (Å²) in [6.07, 6.45) is 3.52. The molecule has 1 aliphatic rings. The number of carbonyl (C=O) groups is 1. The molecule has 1 aliphatic carbocycles. The van der Waals surface area contributed by atoms with Crippen molar-refractivity contribution in [2.75, 3.05) is 18.9 Å². The third-order valence-electron chi connectivity index (χ3n) is 3.04. The Bertz CT molecular complexity index is 416. The van der Waals surface area contributed by atoms with Crippen LogP contribution >= 0.6 is 0 Å². The summed E-state index contributed by atoms with van der Waals surface area (Å²) in [5, 5.41) is 16.8. The van der Waals surface area contributed by atoms with Crippen molar-refractivity contribution in [2.45, 2.75) is 44.7 Å². The second-order valence-electron chi connectivity index (χ2n) is 4.83. The lowest BCUT2D eigenvalue weighted by Gasteiger charge is -2.04. The van der Waals surface area contributed by atoms with Gasteiger partial charge in [0.25, 0.3) is 0 Å². The molecule has 1 aromatic rings. The van der Waals surface area contributed by atoms with Gasteiger partial charge in [-0.3, -0.25) is 4.79 Å². The molecule has 0 aliphatic heterocycles. The number of hydrogen-bond acceptors (Lipinski definition) is 6. The third kappa shape index (κ3) is 4.51. The molecule has 1 atom stereocenters. The van der Waals surface area contributed by atoms with Crippen LogP contribution in [0.25, 0.3) is 0 Å². The monoisotopic (exact) mass is 267 g/mol. The lowest BCUT2D eigenvalue weighted by Crippen LogP contribution is -2.25. The van der Waals surface area contributed by atoms with E-state index in [-0.39, 0.29) is 11.9 Å². The number of rotatable bonds is 8. The summed E-state index contributed by atoms with van der Waals surface area (Å²) >= 11 is 0. The van der Waals surface area contributed by atoms with Crippen LogP contribution in [0, 0.1) is 0 Å². The average Bonchev–Trinajstić information content (AvgIpc) is 3.08. The lowest BCUT2D eigenvalue weighted by atomic mass is 10.3. The zero-order valence-electron chi connectivity index (χ0n) is 11.4. The van der Waals surface area contributed by atoms with Crippen LogP contribution in [0.15, 0.2) is 4.42 Å². The molecule has 0 bridgehead atoms. The van der Waals surface area contributed by atoms with Crippen molar-refractivity contribution in [3.8, 4) is 0 Å². The fraction of sp³-hybridized carbons (Fsp3) is 0.750. The summed E-state index contributed by atoms with van der Waals surface area (Å²) in [7, 11) is 1.83. The van der Waals surface area contributed by atoms with Crippen molar-refractivity contribution >= 4 is 11.9 Å². The van der Waals surface area contributed by atoms with E-state index in [4.69, 9.17) is 4.42 Å². The molecule has 0 radical (unpaired) electrons. The number of anilines is 1. The summed E-state index contributed by atoms with van der Waals surface area (Å²) in [6.45, 7) is 2.59. The van der Waals surface area contributed by atoms with Gasteiger partial charge in [-0.2, -0.15) is 0 Å².